The van der Waals surface area contributed by atoms with E-state index in [9.17, 15) is 48.3 Å². The van der Waals surface area contributed by atoms with E-state index >= 15 is 0 Å². The molecule has 8 nitrogen and oxygen atoms in total. The number of halogens is 8. The lowest BCUT2D eigenvalue weighted by atomic mass is 9.93. The molecule has 2 heterocycles. The first-order chi connectivity index (χ1) is 23.0. The van der Waals surface area contributed by atoms with Gasteiger partial charge in [-0.2, -0.15) is 21.6 Å². The monoisotopic (exact) mass is 731 g/mol. The van der Waals surface area contributed by atoms with Crippen molar-refractivity contribution in [2.24, 2.45) is 0 Å². The molecule has 268 valence electrons. The maximum atomic E-state index is 14.1. The quantitative estimate of drug-likeness (QED) is 0.147. The fraction of sp³-hybridized carbons (Fsp3) is 0.273. The molecule has 0 radical (unpaired) electrons. The number of nitrogens with zero attached hydrogens (tertiary/aromatic N) is 2. The van der Waals surface area contributed by atoms with Gasteiger partial charge in [0.25, 0.3) is 10.1 Å². The highest BCUT2D eigenvalue weighted by Gasteiger charge is 2.44. The van der Waals surface area contributed by atoms with E-state index in [1.807, 2.05) is 6.92 Å². The normalized spacial score (nSPS) is 17.0. The van der Waals surface area contributed by atoms with Gasteiger partial charge in [-0.3, -0.25) is 19.6 Å². The predicted octanol–water partition coefficient (Wildman–Crippen LogP) is 7.89. The molecule has 1 aliphatic heterocycles. The molecule has 4 aromatic rings. The van der Waals surface area contributed by atoms with Crippen LogP contribution >= 0.6 is 0 Å². The fourth-order valence-electron chi connectivity index (χ4n) is 5.20. The highest BCUT2D eigenvalue weighted by atomic mass is 32.2. The van der Waals surface area contributed by atoms with Gasteiger partial charge in [0.05, 0.1) is 17.0 Å². The number of alkyl halides is 6. The highest BCUT2D eigenvalue weighted by Crippen LogP contribution is 2.40. The summed E-state index contributed by atoms with van der Waals surface area (Å²) >= 11 is 0. The molecular weight excluding hydrogens is 702 g/mol. The van der Waals surface area contributed by atoms with Gasteiger partial charge < -0.3 is 9.64 Å². The predicted molar refractivity (Wildman–Crippen MR) is 165 cm³/mol. The Bertz CT molecular complexity index is 1900. The van der Waals surface area contributed by atoms with Crippen LogP contribution in [0.3, 0.4) is 0 Å². The summed E-state index contributed by atoms with van der Waals surface area (Å²) in [7, 11) is -4.02. The molecule has 5 rings (SSSR count). The van der Waals surface area contributed by atoms with Gasteiger partial charge in [-0.25, -0.2) is 8.78 Å². The van der Waals surface area contributed by atoms with Gasteiger partial charge in [-0.05, 0) is 92.9 Å². The second kappa shape index (κ2) is 14.3. The number of carbonyl (C=O) groups excluding carboxylic acids is 1. The SMILES string of the molecule is CC(C)(N[C@@H]1CC(c2cc(F)cc(F)c2)N(c2ccc(OC(F)(F)F)cc2)C1=O)c1ccc(C(F)(F)F)nc1.Cc1ccc(S(=O)(=O)O)cc1. The molecule has 1 fully saturated rings. The number of pyridine rings is 1. The minimum absolute atomic E-state index is 0.0139. The summed E-state index contributed by atoms with van der Waals surface area (Å²) < 4.78 is 138. The average molecular weight is 732 g/mol. The zero-order chi connectivity index (χ0) is 37.2. The molecule has 3 aromatic carbocycles. The van der Waals surface area contributed by atoms with Crippen LogP contribution in [0, 0.1) is 18.6 Å². The summed E-state index contributed by atoms with van der Waals surface area (Å²) in [5.41, 5.74) is -0.620. The van der Waals surface area contributed by atoms with Gasteiger partial charge in [-0.15, -0.1) is 13.2 Å². The molecule has 1 amide bonds. The lowest BCUT2D eigenvalue weighted by Gasteiger charge is -2.30. The van der Waals surface area contributed by atoms with Crippen molar-refractivity contribution < 1.29 is 57.6 Å². The Hall–Kier alpha value is -4.61. The number of rotatable bonds is 7. The number of ether oxygens (including phenoxy) is 1. The molecule has 0 spiro atoms. The number of aromatic nitrogens is 1. The largest absolute Gasteiger partial charge is 0.573 e. The van der Waals surface area contributed by atoms with Crippen molar-refractivity contribution in [3.63, 3.8) is 0 Å². The Labute approximate surface area is 281 Å². The lowest BCUT2D eigenvalue weighted by Crippen LogP contribution is -2.47. The summed E-state index contributed by atoms with van der Waals surface area (Å²) in [4.78, 5) is 18.2. The molecule has 0 aliphatic carbocycles. The topological polar surface area (TPSA) is 109 Å². The van der Waals surface area contributed by atoms with Crippen LogP contribution in [-0.4, -0.2) is 36.3 Å². The first-order valence-electron chi connectivity index (χ1n) is 14.5. The molecule has 0 saturated carbocycles. The van der Waals surface area contributed by atoms with Crippen molar-refractivity contribution >= 4 is 21.7 Å². The van der Waals surface area contributed by atoms with Gasteiger partial charge in [0, 0.05) is 23.5 Å². The van der Waals surface area contributed by atoms with Crippen molar-refractivity contribution in [1.29, 1.82) is 0 Å². The van der Waals surface area contributed by atoms with Crippen LogP contribution in [-0.2, 0) is 26.6 Å². The minimum Gasteiger partial charge on any atom is -0.406 e. The van der Waals surface area contributed by atoms with E-state index in [-0.39, 0.29) is 22.6 Å². The van der Waals surface area contributed by atoms with Gasteiger partial charge in [0.1, 0.15) is 23.1 Å². The number of carbonyl (C=O) groups is 1. The molecule has 1 saturated heterocycles. The summed E-state index contributed by atoms with van der Waals surface area (Å²) in [6.07, 6.45) is -8.54. The summed E-state index contributed by atoms with van der Waals surface area (Å²) in [5, 5.41) is 3.08. The first kappa shape index (κ1) is 38.2. The first-order valence-corrected chi connectivity index (χ1v) is 16.0. The van der Waals surface area contributed by atoms with Crippen LogP contribution in [0.2, 0.25) is 0 Å². The van der Waals surface area contributed by atoms with E-state index in [0.717, 1.165) is 42.1 Å². The number of amides is 1. The van der Waals surface area contributed by atoms with Crippen LogP contribution in [0.15, 0.2) is 90.0 Å². The zero-order valence-corrected chi connectivity index (χ0v) is 27.2. The van der Waals surface area contributed by atoms with Crippen LogP contribution in [0.25, 0.3) is 0 Å². The van der Waals surface area contributed by atoms with Crippen LogP contribution in [0.5, 0.6) is 5.75 Å². The molecule has 0 bridgehead atoms. The molecular formula is C33H29F8N3O5S. The smallest absolute Gasteiger partial charge is 0.406 e. The Balaban J connectivity index is 0.000000435. The number of hydrogen-bond donors (Lipinski definition) is 2. The molecule has 1 aromatic heterocycles. The third-order valence-electron chi connectivity index (χ3n) is 7.55. The second-order valence-electron chi connectivity index (χ2n) is 11.7. The number of aryl methyl sites for hydroxylation is 1. The number of benzene rings is 3. The lowest BCUT2D eigenvalue weighted by molar-refractivity contribution is -0.274. The molecule has 2 N–H and O–H groups in total. The average Bonchev–Trinajstić information content (AvgIpc) is 3.31. The summed E-state index contributed by atoms with van der Waals surface area (Å²) in [6, 6.07) is 13.3. The number of nitrogens with one attached hydrogen (secondary N) is 1. The minimum atomic E-state index is -4.93. The van der Waals surface area contributed by atoms with Crippen molar-refractivity contribution in [2.75, 3.05) is 4.90 Å². The molecule has 2 atom stereocenters. The third kappa shape index (κ3) is 9.76. The van der Waals surface area contributed by atoms with E-state index in [2.05, 4.69) is 15.0 Å². The van der Waals surface area contributed by atoms with E-state index in [0.29, 0.717) is 11.6 Å². The highest BCUT2D eigenvalue weighted by molar-refractivity contribution is 7.85. The number of anilines is 1. The van der Waals surface area contributed by atoms with E-state index in [1.165, 1.54) is 35.2 Å². The van der Waals surface area contributed by atoms with Crippen molar-refractivity contribution in [3.05, 3.63) is 119 Å². The molecule has 1 unspecified atom stereocenters. The number of hydrogen-bond acceptors (Lipinski definition) is 6. The van der Waals surface area contributed by atoms with Gasteiger partial charge >= 0.3 is 12.5 Å². The molecule has 1 aliphatic rings. The van der Waals surface area contributed by atoms with E-state index in [1.54, 1.807) is 26.0 Å². The van der Waals surface area contributed by atoms with Crippen LogP contribution < -0.4 is 15.0 Å². The maximum Gasteiger partial charge on any atom is 0.573 e. The van der Waals surface area contributed by atoms with Gasteiger partial charge in [0.2, 0.25) is 5.91 Å². The van der Waals surface area contributed by atoms with Gasteiger partial charge in [0.15, 0.2) is 0 Å². The van der Waals surface area contributed by atoms with Crippen molar-refractivity contribution in [1.82, 2.24) is 10.3 Å². The van der Waals surface area contributed by atoms with Crippen molar-refractivity contribution in [2.45, 2.75) is 62.2 Å². The van der Waals surface area contributed by atoms with E-state index < -0.39 is 69.3 Å². The Morgan fingerprint density at radius 1 is 0.880 bits per heavy atom. The standard InChI is InChI=1S/C26H21F8N3O2.C7H8O3S/c1-24(2,15-3-8-22(35-13-15)25(29,30)31)36-20-12-21(14-9-16(27)11-17(28)10-14)37(23(20)38)18-4-6-19(7-5-18)39-26(32,33)34;1-6-2-4-7(5-3-6)11(8,9)10/h3-11,13,20-21,36H,12H2,1-2H3;2-5H,1H3,(H,8,9,10)/t20-,21?;/m1./s1. The van der Waals surface area contributed by atoms with Crippen LogP contribution in [0.1, 0.15) is 48.7 Å². The van der Waals surface area contributed by atoms with Gasteiger partial charge in [-0.1, -0.05) is 23.8 Å². The molecule has 50 heavy (non-hydrogen) atoms. The second-order valence-corrected chi connectivity index (χ2v) is 13.2. The summed E-state index contributed by atoms with van der Waals surface area (Å²) in [6.45, 7) is 5.08. The third-order valence-corrected chi connectivity index (χ3v) is 8.42. The van der Waals surface area contributed by atoms with Crippen LogP contribution in [0.4, 0.5) is 40.8 Å². The Morgan fingerprint density at radius 2 is 1.46 bits per heavy atom. The molecule has 17 heteroatoms. The zero-order valence-electron chi connectivity index (χ0n) is 26.4. The Kier molecular flexibility index (Phi) is 10.9. The summed E-state index contributed by atoms with van der Waals surface area (Å²) in [5.74, 6) is -2.88. The van der Waals surface area contributed by atoms with Crippen molar-refractivity contribution in [3.8, 4) is 5.75 Å². The fourth-order valence-corrected chi connectivity index (χ4v) is 5.68. The van der Waals surface area contributed by atoms with E-state index in [4.69, 9.17) is 4.55 Å². The Morgan fingerprint density at radius 3 is 1.94 bits per heavy atom. The maximum absolute atomic E-state index is 14.1.